The van der Waals surface area contributed by atoms with Gasteiger partial charge in [-0.1, -0.05) is 12.1 Å². The molecule has 2 aliphatic heterocycles. The maximum Gasteiger partial charge on any atom is 0.239 e. The summed E-state index contributed by atoms with van der Waals surface area (Å²) in [7, 11) is 0. The number of carbonyl (C=O) groups excluding carboxylic acids is 2. The molecular formula is C23H36N4O3. The zero-order valence-corrected chi connectivity index (χ0v) is 18.4. The van der Waals surface area contributed by atoms with E-state index in [9.17, 15) is 9.59 Å². The van der Waals surface area contributed by atoms with E-state index in [-0.39, 0.29) is 24.5 Å². The summed E-state index contributed by atoms with van der Waals surface area (Å²) in [5, 5.41) is 2.96. The third-order valence-corrected chi connectivity index (χ3v) is 5.67. The SMILES string of the molecule is CC(C)Oc1ccccc1N1CCN(CCCNC(=O)CN2CCCCC2=O)CC1. The van der Waals surface area contributed by atoms with Crippen LogP contribution in [0.15, 0.2) is 24.3 Å². The molecule has 0 bridgehead atoms. The second kappa shape index (κ2) is 11.2. The summed E-state index contributed by atoms with van der Waals surface area (Å²) >= 11 is 0. The first kappa shape index (κ1) is 22.4. The second-order valence-electron chi connectivity index (χ2n) is 8.44. The summed E-state index contributed by atoms with van der Waals surface area (Å²) in [6, 6.07) is 8.26. The summed E-state index contributed by atoms with van der Waals surface area (Å²) in [6.45, 7) is 10.6. The van der Waals surface area contributed by atoms with Crippen molar-refractivity contribution in [3.63, 3.8) is 0 Å². The van der Waals surface area contributed by atoms with Gasteiger partial charge in [-0.15, -0.1) is 0 Å². The first-order valence-electron chi connectivity index (χ1n) is 11.3. The molecule has 0 radical (unpaired) electrons. The molecule has 0 aromatic heterocycles. The van der Waals surface area contributed by atoms with Gasteiger partial charge in [-0.2, -0.15) is 0 Å². The minimum Gasteiger partial charge on any atom is -0.489 e. The summed E-state index contributed by atoms with van der Waals surface area (Å²) < 4.78 is 5.97. The molecule has 0 atom stereocenters. The number of amides is 2. The third-order valence-electron chi connectivity index (χ3n) is 5.67. The van der Waals surface area contributed by atoms with E-state index in [2.05, 4.69) is 41.1 Å². The van der Waals surface area contributed by atoms with Gasteiger partial charge in [-0.3, -0.25) is 14.5 Å². The van der Waals surface area contributed by atoms with Gasteiger partial charge in [0.2, 0.25) is 11.8 Å². The molecule has 0 saturated carbocycles. The zero-order chi connectivity index (χ0) is 21.3. The molecular weight excluding hydrogens is 380 g/mol. The number of rotatable bonds is 9. The Bertz CT molecular complexity index is 701. The van der Waals surface area contributed by atoms with Gasteiger partial charge in [0.25, 0.3) is 0 Å². The Balaban J connectivity index is 1.34. The van der Waals surface area contributed by atoms with Crippen molar-refractivity contribution in [3.8, 4) is 5.75 Å². The Morgan fingerprint density at radius 1 is 1.10 bits per heavy atom. The molecule has 2 amide bonds. The number of nitrogens with one attached hydrogen (secondary N) is 1. The van der Waals surface area contributed by atoms with Crippen LogP contribution in [0, 0.1) is 0 Å². The van der Waals surface area contributed by atoms with Crippen LogP contribution >= 0.6 is 0 Å². The topological polar surface area (TPSA) is 65.1 Å². The first-order chi connectivity index (χ1) is 14.5. The van der Waals surface area contributed by atoms with Crippen molar-refractivity contribution in [2.45, 2.75) is 45.6 Å². The minimum absolute atomic E-state index is 0.0446. The Morgan fingerprint density at radius 3 is 2.60 bits per heavy atom. The summed E-state index contributed by atoms with van der Waals surface area (Å²) in [4.78, 5) is 30.4. The van der Waals surface area contributed by atoms with Crippen molar-refractivity contribution < 1.29 is 14.3 Å². The van der Waals surface area contributed by atoms with Gasteiger partial charge < -0.3 is 19.9 Å². The van der Waals surface area contributed by atoms with Crippen LogP contribution in [0.1, 0.15) is 39.5 Å². The monoisotopic (exact) mass is 416 g/mol. The van der Waals surface area contributed by atoms with Crippen molar-refractivity contribution in [2.24, 2.45) is 0 Å². The lowest BCUT2D eigenvalue weighted by molar-refractivity contribution is -0.137. The van der Waals surface area contributed by atoms with E-state index in [4.69, 9.17) is 4.74 Å². The lowest BCUT2D eigenvalue weighted by Crippen LogP contribution is -2.47. The van der Waals surface area contributed by atoms with Crippen molar-refractivity contribution in [1.82, 2.24) is 15.1 Å². The van der Waals surface area contributed by atoms with Gasteiger partial charge in [0, 0.05) is 45.7 Å². The largest absolute Gasteiger partial charge is 0.489 e. The summed E-state index contributed by atoms with van der Waals surface area (Å²) in [5.74, 6) is 1.02. The van der Waals surface area contributed by atoms with Crippen LogP contribution in [-0.2, 0) is 9.59 Å². The number of nitrogens with zero attached hydrogens (tertiary/aromatic N) is 3. The fourth-order valence-electron chi connectivity index (χ4n) is 4.07. The van der Waals surface area contributed by atoms with Crippen molar-refractivity contribution >= 4 is 17.5 Å². The number of benzene rings is 1. The Morgan fingerprint density at radius 2 is 1.87 bits per heavy atom. The van der Waals surface area contributed by atoms with Crippen LogP contribution in [-0.4, -0.2) is 80.1 Å². The van der Waals surface area contributed by atoms with Gasteiger partial charge in [0.1, 0.15) is 5.75 Å². The van der Waals surface area contributed by atoms with Crippen LogP contribution in [0.3, 0.4) is 0 Å². The smallest absolute Gasteiger partial charge is 0.239 e. The molecule has 30 heavy (non-hydrogen) atoms. The number of anilines is 1. The van der Waals surface area contributed by atoms with E-state index in [1.54, 1.807) is 4.90 Å². The predicted molar refractivity (Wildman–Crippen MR) is 119 cm³/mol. The van der Waals surface area contributed by atoms with Crippen molar-refractivity contribution in [1.29, 1.82) is 0 Å². The normalized spacial score (nSPS) is 18.0. The number of hydrogen-bond donors (Lipinski definition) is 1. The molecule has 1 aromatic rings. The molecule has 2 fully saturated rings. The Kier molecular flexibility index (Phi) is 8.37. The lowest BCUT2D eigenvalue weighted by atomic mass is 10.1. The second-order valence-corrected chi connectivity index (χ2v) is 8.44. The van der Waals surface area contributed by atoms with Gasteiger partial charge in [0.05, 0.1) is 18.3 Å². The van der Waals surface area contributed by atoms with Gasteiger partial charge in [0.15, 0.2) is 0 Å². The average Bonchev–Trinajstić information content (AvgIpc) is 2.73. The number of hydrogen-bond acceptors (Lipinski definition) is 5. The number of carbonyl (C=O) groups is 2. The third kappa shape index (κ3) is 6.62. The molecule has 1 aromatic carbocycles. The molecule has 2 heterocycles. The van der Waals surface area contributed by atoms with E-state index in [1.807, 2.05) is 12.1 Å². The van der Waals surface area contributed by atoms with Crippen molar-refractivity contribution in [3.05, 3.63) is 24.3 Å². The van der Waals surface area contributed by atoms with E-state index in [0.29, 0.717) is 19.5 Å². The maximum atomic E-state index is 12.1. The van der Waals surface area contributed by atoms with Gasteiger partial charge >= 0.3 is 0 Å². The molecule has 2 aliphatic rings. The zero-order valence-electron chi connectivity index (χ0n) is 18.4. The molecule has 0 unspecified atom stereocenters. The highest BCUT2D eigenvalue weighted by Gasteiger charge is 2.21. The fourth-order valence-corrected chi connectivity index (χ4v) is 4.07. The Hall–Kier alpha value is -2.28. The van der Waals surface area contributed by atoms with Crippen LogP contribution in [0.2, 0.25) is 0 Å². The molecule has 0 aliphatic carbocycles. The Labute approximate surface area is 180 Å². The number of piperazine rings is 1. The van der Waals surface area contributed by atoms with Crippen LogP contribution in [0.25, 0.3) is 0 Å². The summed E-state index contributed by atoms with van der Waals surface area (Å²) in [5.41, 5.74) is 1.17. The number of piperidine rings is 1. The van der Waals surface area contributed by atoms with E-state index < -0.39 is 0 Å². The highest BCUT2D eigenvalue weighted by atomic mass is 16.5. The molecule has 166 valence electrons. The van der Waals surface area contributed by atoms with Crippen LogP contribution < -0.4 is 15.0 Å². The van der Waals surface area contributed by atoms with Crippen molar-refractivity contribution in [2.75, 3.05) is 57.3 Å². The molecule has 7 nitrogen and oxygen atoms in total. The molecule has 1 N–H and O–H groups in total. The van der Waals surface area contributed by atoms with Gasteiger partial charge in [-0.25, -0.2) is 0 Å². The van der Waals surface area contributed by atoms with E-state index >= 15 is 0 Å². The highest BCUT2D eigenvalue weighted by Crippen LogP contribution is 2.29. The predicted octanol–water partition coefficient (Wildman–Crippen LogP) is 2.11. The number of para-hydroxylation sites is 2. The fraction of sp³-hybridized carbons (Fsp3) is 0.652. The van der Waals surface area contributed by atoms with Crippen LogP contribution in [0.5, 0.6) is 5.75 Å². The first-order valence-corrected chi connectivity index (χ1v) is 11.3. The quantitative estimate of drug-likeness (QED) is 0.625. The average molecular weight is 417 g/mol. The molecule has 7 heteroatoms. The number of ether oxygens (including phenoxy) is 1. The minimum atomic E-state index is -0.0446. The van der Waals surface area contributed by atoms with E-state index in [0.717, 1.165) is 57.7 Å². The maximum absolute atomic E-state index is 12.1. The molecule has 3 rings (SSSR count). The summed E-state index contributed by atoms with van der Waals surface area (Å²) in [6.07, 6.45) is 3.61. The molecule has 0 spiro atoms. The number of likely N-dealkylation sites (tertiary alicyclic amines) is 1. The van der Waals surface area contributed by atoms with E-state index in [1.165, 1.54) is 5.69 Å². The lowest BCUT2D eigenvalue weighted by Gasteiger charge is -2.37. The van der Waals surface area contributed by atoms with Crippen LogP contribution in [0.4, 0.5) is 5.69 Å². The standard InChI is InChI=1S/C23H36N4O3/c1-19(2)30-21-9-4-3-8-20(21)26-16-14-25(15-17-26)12-7-11-24-22(28)18-27-13-6-5-10-23(27)29/h3-4,8-9,19H,5-7,10-18H2,1-2H3,(H,24,28). The molecule has 2 saturated heterocycles. The van der Waals surface area contributed by atoms with Gasteiger partial charge in [-0.05, 0) is 51.8 Å². The highest BCUT2D eigenvalue weighted by molar-refractivity contribution is 5.85.